The fourth-order valence-corrected chi connectivity index (χ4v) is 3.15. The lowest BCUT2D eigenvalue weighted by molar-refractivity contribution is -0.140. The van der Waals surface area contributed by atoms with Gasteiger partial charge in [0, 0.05) is 26.2 Å². The Labute approximate surface area is 157 Å². The van der Waals surface area contributed by atoms with Gasteiger partial charge >= 0.3 is 0 Å². The highest BCUT2D eigenvalue weighted by molar-refractivity contribution is 5.97. The van der Waals surface area contributed by atoms with Gasteiger partial charge in [0.1, 0.15) is 24.2 Å². The maximum atomic E-state index is 13.2. The molecule has 0 radical (unpaired) electrons. The average molecular weight is 374 g/mol. The summed E-state index contributed by atoms with van der Waals surface area (Å²) in [4.78, 5) is 28.6. The summed E-state index contributed by atoms with van der Waals surface area (Å²) in [5, 5.41) is 6.83. The number of ether oxygens (including phenoxy) is 1. The number of piperazine rings is 1. The Bertz CT molecular complexity index is 836. The molecule has 2 aromatic rings. The monoisotopic (exact) mass is 374 g/mol. The molecule has 2 amide bonds. The Morgan fingerprint density at radius 1 is 1.37 bits per heavy atom. The lowest BCUT2D eigenvalue weighted by Gasteiger charge is -2.40. The second-order valence-corrected chi connectivity index (χ2v) is 6.97. The maximum Gasteiger partial charge on any atom is 0.275 e. The molecule has 27 heavy (non-hydrogen) atoms. The Kier molecular flexibility index (Phi) is 5.43. The fourth-order valence-electron chi connectivity index (χ4n) is 3.15. The highest BCUT2D eigenvalue weighted by Crippen LogP contribution is 2.20. The zero-order chi connectivity index (χ0) is 19.6. The highest BCUT2D eigenvalue weighted by Gasteiger charge is 2.38. The number of halogens is 1. The van der Waals surface area contributed by atoms with Gasteiger partial charge in [-0.2, -0.15) is 5.10 Å². The van der Waals surface area contributed by atoms with Gasteiger partial charge in [-0.15, -0.1) is 0 Å². The van der Waals surface area contributed by atoms with E-state index >= 15 is 0 Å². The molecule has 0 bridgehead atoms. The summed E-state index contributed by atoms with van der Waals surface area (Å²) in [5.41, 5.74) is 0.819. The molecule has 0 saturated carbocycles. The summed E-state index contributed by atoms with van der Waals surface area (Å²) in [5.74, 6) is -0.341. The highest BCUT2D eigenvalue weighted by atomic mass is 19.1. The van der Waals surface area contributed by atoms with Crippen molar-refractivity contribution in [3.05, 3.63) is 47.5 Å². The van der Waals surface area contributed by atoms with Crippen molar-refractivity contribution in [1.82, 2.24) is 20.0 Å². The zero-order valence-electron chi connectivity index (χ0n) is 15.6. The van der Waals surface area contributed by atoms with Gasteiger partial charge in [-0.3, -0.25) is 14.7 Å². The predicted molar refractivity (Wildman–Crippen MR) is 96.6 cm³/mol. The first-order chi connectivity index (χ1) is 12.9. The van der Waals surface area contributed by atoms with Crippen LogP contribution >= 0.6 is 0 Å². The van der Waals surface area contributed by atoms with Crippen LogP contribution in [0.2, 0.25) is 0 Å². The lowest BCUT2D eigenvalue weighted by atomic mass is 9.98. The first-order valence-electron chi connectivity index (χ1n) is 8.85. The number of nitrogens with one attached hydrogen (secondary N) is 1. The molecule has 144 valence electrons. The molecule has 3 rings (SSSR count). The van der Waals surface area contributed by atoms with Crippen LogP contribution in [0.4, 0.5) is 4.39 Å². The molecule has 1 aliphatic rings. The number of nitrogens with zero attached hydrogens (tertiary/aromatic N) is 3. The van der Waals surface area contributed by atoms with Gasteiger partial charge < -0.3 is 14.5 Å². The molecular formula is C19H23FN4O3. The normalized spacial score (nSPS) is 17.5. The van der Waals surface area contributed by atoms with Crippen LogP contribution in [0.15, 0.2) is 30.3 Å². The number of amides is 2. The van der Waals surface area contributed by atoms with E-state index in [4.69, 9.17) is 4.74 Å². The smallest absolute Gasteiger partial charge is 0.275 e. The van der Waals surface area contributed by atoms with Crippen LogP contribution in [0.1, 0.15) is 30.0 Å². The Morgan fingerprint density at radius 2 is 2.15 bits per heavy atom. The predicted octanol–water partition coefficient (Wildman–Crippen LogP) is 2.07. The molecule has 1 saturated heterocycles. The standard InChI is InChI=1S/C19H23FN4O3/c1-12(2)17-19(26)23(3)7-8-24(17)18(25)16-10-14(21-22-16)11-27-15-6-4-5-13(20)9-15/h4-6,9-10,12,17H,7-8,11H2,1-3H3,(H,21,22). The van der Waals surface area contributed by atoms with Crippen LogP contribution in [0, 0.1) is 11.7 Å². The van der Waals surface area contributed by atoms with E-state index in [1.165, 1.54) is 12.1 Å². The topological polar surface area (TPSA) is 78.5 Å². The van der Waals surface area contributed by atoms with Crippen molar-refractivity contribution in [3.8, 4) is 5.75 Å². The Balaban J connectivity index is 1.69. The molecule has 1 aliphatic heterocycles. The Hall–Kier alpha value is -2.90. The van der Waals surface area contributed by atoms with Crippen molar-refractivity contribution in [3.63, 3.8) is 0 Å². The number of hydrogen-bond donors (Lipinski definition) is 1. The molecule has 2 heterocycles. The van der Waals surface area contributed by atoms with Crippen LogP contribution in [0.3, 0.4) is 0 Å². The molecule has 1 atom stereocenters. The van der Waals surface area contributed by atoms with E-state index in [0.29, 0.717) is 24.5 Å². The number of benzene rings is 1. The number of H-pyrrole nitrogens is 1. The minimum absolute atomic E-state index is 0.000998. The number of hydrogen-bond acceptors (Lipinski definition) is 4. The second-order valence-electron chi connectivity index (χ2n) is 6.97. The van der Waals surface area contributed by atoms with Crippen molar-refractivity contribution in [2.45, 2.75) is 26.5 Å². The van der Waals surface area contributed by atoms with Gasteiger partial charge in [-0.1, -0.05) is 19.9 Å². The van der Waals surface area contributed by atoms with E-state index < -0.39 is 6.04 Å². The summed E-state index contributed by atoms with van der Waals surface area (Å²) in [6.45, 7) is 4.92. The van der Waals surface area contributed by atoms with Crippen LogP contribution < -0.4 is 4.74 Å². The van der Waals surface area contributed by atoms with Gasteiger partial charge in [-0.25, -0.2) is 4.39 Å². The van der Waals surface area contributed by atoms with E-state index in [1.54, 1.807) is 35.0 Å². The van der Waals surface area contributed by atoms with Crippen molar-refractivity contribution < 1.29 is 18.7 Å². The summed E-state index contributed by atoms with van der Waals surface area (Å²) in [7, 11) is 1.75. The van der Waals surface area contributed by atoms with E-state index in [0.717, 1.165) is 0 Å². The average Bonchev–Trinajstić information content (AvgIpc) is 3.10. The molecule has 8 heteroatoms. The molecule has 1 fully saturated rings. The summed E-state index contributed by atoms with van der Waals surface area (Å²) in [6, 6.07) is 6.92. The molecule has 0 aliphatic carbocycles. The molecule has 1 aromatic carbocycles. The van der Waals surface area contributed by atoms with E-state index in [9.17, 15) is 14.0 Å². The molecule has 1 aromatic heterocycles. The van der Waals surface area contributed by atoms with Crippen LogP contribution in [0.25, 0.3) is 0 Å². The van der Waals surface area contributed by atoms with Crippen molar-refractivity contribution in [2.75, 3.05) is 20.1 Å². The summed E-state index contributed by atoms with van der Waals surface area (Å²) < 4.78 is 18.7. The number of aromatic nitrogens is 2. The van der Waals surface area contributed by atoms with Crippen molar-refractivity contribution in [1.29, 1.82) is 0 Å². The fraction of sp³-hybridized carbons (Fsp3) is 0.421. The quantitative estimate of drug-likeness (QED) is 0.869. The molecular weight excluding hydrogens is 351 g/mol. The number of carbonyl (C=O) groups is 2. The third kappa shape index (κ3) is 4.10. The lowest BCUT2D eigenvalue weighted by Crippen LogP contribution is -2.59. The maximum absolute atomic E-state index is 13.2. The van der Waals surface area contributed by atoms with E-state index in [2.05, 4.69) is 10.2 Å². The minimum atomic E-state index is -0.500. The molecule has 1 N–H and O–H groups in total. The largest absolute Gasteiger partial charge is 0.487 e. The summed E-state index contributed by atoms with van der Waals surface area (Å²) in [6.07, 6.45) is 0. The number of carbonyl (C=O) groups excluding carboxylic acids is 2. The van der Waals surface area contributed by atoms with E-state index in [-0.39, 0.29) is 35.9 Å². The minimum Gasteiger partial charge on any atom is -0.487 e. The van der Waals surface area contributed by atoms with Gasteiger partial charge in [-0.05, 0) is 24.1 Å². The van der Waals surface area contributed by atoms with Crippen LogP contribution in [-0.2, 0) is 11.4 Å². The number of aromatic amines is 1. The molecule has 0 spiro atoms. The Morgan fingerprint density at radius 3 is 2.85 bits per heavy atom. The van der Waals surface area contributed by atoms with Crippen LogP contribution in [-0.4, -0.2) is 58.0 Å². The first kappa shape index (κ1) is 18.9. The summed E-state index contributed by atoms with van der Waals surface area (Å²) >= 11 is 0. The molecule has 1 unspecified atom stereocenters. The molecule has 7 nitrogen and oxygen atoms in total. The third-order valence-corrected chi connectivity index (χ3v) is 4.57. The zero-order valence-corrected chi connectivity index (χ0v) is 15.6. The first-order valence-corrected chi connectivity index (χ1v) is 8.85. The number of rotatable bonds is 5. The van der Waals surface area contributed by atoms with Crippen LogP contribution in [0.5, 0.6) is 5.75 Å². The third-order valence-electron chi connectivity index (χ3n) is 4.57. The SMILES string of the molecule is CC(C)C1C(=O)N(C)CCN1C(=O)c1cc(COc2cccc(F)c2)[nH]n1. The second kappa shape index (κ2) is 7.77. The van der Waals surface area contributed by atoms with Crippen molar-refractivity contribution in [2.24, 2.45) is 5.92 Å². The van der Waals surface area contributed by atoms with E-state index in [1.807, 2.05) is 13.8 Å². The number of likely N-dealkylation sites (N-methyl/N-ethyl adjacent to an activating group) is 1. The van der Waals surface area contributed by atoms with Crippen molar-refractivity contribution >= 4 is 11.8 Å². The van der Waals surface area contributed by atoms with Gasteiger partial charge in [0.25, 0.3) is 5.91 Å². The van der Waals surface area contributed by atoms with Gasteiger partial charge in [0.05, 0.1) is 5.69 Å². The van der Waals surface area contributed by atoms with Gasteiger partial charge in [0.2, 0.25) is 5.91 Å². The van der Waals surface area contributed by atoms with Gasteiger partial charge in [0.15, 0.2) is 5.69 Å².